The summed E-state index contributed by atoms with van der Waals surface area (Å²) in [5.74, 6) is 0. The van der Waals surface area contributed by atoms with Crippen molar-refractivity contribution in [3.05, 3.63) is 17.0 Å². The molecule has 0 saturated heterocycles. The molecule has 0 aliphatic carbocycles. The molecule has 3 nitrogen and oxygen atoms in total. The largest absolute Gasteiger partial charge is 0.392 e. The number of aryl methyl sites for hydroxylation is 2. The van der Waals surface area contributed by atoms with Crippen LogP contribution >= 0.6 is 0 Å². The van der Waals surface area contributed by atoms with Crippen LogP contribution in [0.2, 0.25) is 0 Å². The van der Waals surface area contributed by atoms with E-state index in [9.17, 15) is 18.3 Å². The van der Waals surface area contributed by atoms with E-state index in [4.69, 9.17) is 0 Å². The maximum atomic E-state index is 12.1. The summed E-state index contributed by atoms with van der Waals surface area (Å²) >= 11 is 0. The third-order valence-corrected chi connectivity index (χ3v) is 2.91. The van der Waals surface area contributed by atoms with Crippen LogP contribution in [0.4, 0.5) is 13.2 Å². The summed E-state index contributed by atoms with van der Waals surface area (Å²) < 4.78 is 37.9. The van der Waals surface area contributed by atoms with Gasteiger partial charge in [-0.05, 0) is 19.3 Å². The predicted molar refractivity (Wildman–Crippen MR) is 62.2 cm³/mol. The molecule has 0 amide bonds. The second-order valence-corrected chi connectivity index (χ2v) is 4.18. The van der Waals surface area contributed by atoms with Gasteiger partial charge in [-0.15, -0.1) is 0 Å². The summed E-state index contributed by atoms with van der Waals surface area (Å²) in [5, 5.41) is 13.6. The minimum absolute atomic E-state index is 0.0200. The van der Waals surface area contributed by atoms with Gasteiger partial charge in [0.2, 0.25) is 0 Å². The van der Waals surface area contributed by atoms with Crippen LogP contribution in [0, 0.1) is 0 Å². The van der Waals surface area contributed by atoms with Crippen molar-refractivity contribution in [1.82, 2.24) is 9.78 Å². The lowest BCUT2D eigenvalue weighted by Crippen LogP contribution is -2.11. The average Bonchev–Trinajstić information content (AvgIpc) is 2.64. The first kappa shape index (κ1) is 15.0. The van der Waals surface area contributed by atoms with Gasteiger partial charge >= 0.3 is 6.18 Å². The van der Waals surface area contributed by atoms with Crippen molar-refractivity contribution in [2.24, 2.45) is 0 Å². The molecule has 0 spiro atoms. The van der Waals surface area contributed by atoms with E-state index in [2.05, 4.69) is 5.10 Å². The van der Waals surface area contributed by atoms with Crippen LogP contribution in [0.15, 0.2) is 0 Å². The van der Waals surface area contributed by atoms with E-state index in [1.54, 1.807) is 4.68 Å². The lowest BCUT2D eigenvalue weighted by Gasteiger charge is -2.08. The molecule has 0 radical (unpaired) electrons. The van der Waals surface area contributed by atoms with E-state index in [1.807, 2.05) is 13.8 Å². The maximum Gasteiger partial charge on any atom is 0.389 e. The standard InChI is InChI=1S/C12H19F3N2O/c1-3-10-9(8-18)11(4-2)17(16-10)7-5-6-12(13,14)15/h18H,3-8H2,1-2H3. The molecule has 6 heteroatoms. The zero-order valence-corrected chi connectivity index (χ0v) is 10.7. The molecule has 0 aliphatic heterocycles. The van der Waals surface area contributed by atoms with E-state index in [1.165, 1.54) is 0 Å². The van der Waals surface area contributed by atoms with Crippen molar-refractivity contribution >= 4 is 0 Å². The fourth-order valence-electron chi connectivity index (χ4n) is 2.07. The molecule has 0 aromatic carbocycles. The maximum absolute atomic E-state index is 12.1. The molecular formula is C12H19F3N2O. The second-order valence-electron chi connectivity index (χ2n) is 4.18. The Morgan fingerprint density at radius 2 is 1.89 bits per heavy atom. The zero-order chi connectivity index (χ0) is 13.8. The van der Waals surface area contributed by atoms with Crippen LogP contribution in [0.3, 0.4) is 0 Å². The molecule has 1 heterocycles. The Morgan fingerprint density at radius 1 is 1.22 bits per heavy atom. The molecule has 1 aromatic rings. The second kappa shape index (κ2) is 6.22. The van der Waals surface area contributed by atoms with Gasteiger partial charge in [0.15, 0.2) is 0 Å². The molecular weight excluding hydrogens is 245 g/mol. The van der Waals surface area contributed by atoms with Gasteiger partial charge in [-0.1, -0.05) is 13.8 Å². The Balaban J connectivity index is 2.79. The van der Waals surface area contributed by atoms with Gasteiger partial charge in [-0.3, -0.25) is 4.68 Å². The first-order chi connectivity index (χ1) is 8.42. The smallest absolute Gasteiger partial charge is 0.389 e. The van der Waals surface area contributed by atoms with Gasteiger partial charge < -0.3 is 5.11 Å². The van der Waals surface area contributed by atoms with Crippen molar-refractivity contribution in [3.8, 4) is 0 Å². The topological polar surface area (TPSA) is 38.0 Å². The SMILES string of the molecule is CCc1nn(CCCC(F)(F)F)c(CC)c1CO. The van der Waals surface area contributed by atoms with Crippen LogP contribution in [-0.4, -0.2) is 21.1 Å². The van der Waals surface area contributed by atoms with E-state index in [0.29, 0.717) is 12.8 Å². The van der Waals surface area contributed by atoms with Crippen LogP contribution in [-0.2, 0) is 26.0 Å². The minimum atomic E-state index is -4.12. The predicted octanol–water partition coefficient (Wildman–Crippen LogP) is 2.84. The van der Waals surface area contributed by atoms with Gasteiger partial charge in [-0.25, -0.2) is 0 Å². The average molecular weight is 264 g/mol. The number of rotatable bonds is 6. The summed E-state index contributed by atoms with van der Waals surface area (Å²) in [6.07, 6.45) is -3.56. The van der Waals surface area contributed by atoms with Gasteiger partial charge in [0.05, 0.1) is 12.3 Å². The summed E-state index contributed by atoms with van der Waals surface area (Å²) in [6, 6.07) is 0. The Bertz CT molecular complexity index is 385. The molecule has 104 valence electrons. The number of alkyl halides is 3. The summed E-state index contributed by atoms with van der Waals surface area (Å²) in [7, 11) is 0. The molecule has 0 atom stereocenters. The molecule has 0 fully saturated rings. The van der Waals surface area contributed by atoms with E-state index in [0.717, 1.165) is 17.0 Å². The van der Waals surface area contributed by atoms with E-state index in [-0.39, 0.29) is 19.6 Å². The van der Waals surface area contributed by atoms with Crippen LogP contribution in [0.25, 0.3) is 0 Å². The highest BCUT2D eigenvalue weighted by Gasteiger charge is 2.26. The molecule has 1 rings (SSSR count). The molecule has 18 heavy (non-hydrogen) atoms. The van der Waals surface area contributed by atoms with Gasteiger partial charge in [0.25, 0.3) is 0 Å². The van der Waals surface area contributed by atoms with E-state index < -0.39 is 12.6 Å². The Hall–Kier alpha value is -1.04. The Kier molecular flexibility index (Phi) is 5.19. The summed E-state index contributed by atoms with van der Waals surface area (Å²) in [4.78, 5) is 0. The summed E-state index contributed by atoms with van der Waals surface area (Å²) in [6.45, 7) is 3.97. The van der Waals surface area contributed by atoms with Crippen LogP contribution in [0.1, 0.15) is 43.6 Å². The molecule has 0 unspecified atom stereocenters. The van der Waals surface area contributed by atoms with E-state index >= 15 is 0 Å². The quantitative estimate of drug-likeness (QED) is 0.858. The minimum Gasteiger partial charge on any atom is -0.392 e. The lowest BCUT2D eigenvalue weighted by molar-refractivity contribution is -0.136. The molecule has 0 bridgehead atoms. The highest BCUT2D eigenvalue weighted by molar-refractivity contribution is 5.25. The molecule has 0 aliphatic rings. The first-order valence-corrected chi connectivity index (χ1v) is 6.18. The van der Waals surface area contributed by atoms with Crippen LogP contribution < -0.4 is 0 Å². The molecule has 1 aromatic heterocycles. The third-order valence-electron chi connectivity index (χ3n) is 2.91. The van der Waals surface area contributed by atoms with Crippen molar-refractivity contribution in [3.63, 3.8) is 0 Å². The first-order valence-electron chi connectivity index (χ1n) is 6.18. The number of aliphatic hydroxyl groups excluding tert-OH is 1. The van der Waals surface area contributed by atoms with Gasteiger partial charge in [0.1, 0.15) is 0 Å². The Labute approximate surface area is 105 Å². The fraction of sp³-hybridized carbons (Fsp3) is 0.750. The molecule has 0 saturated carbocycles. The lowest BCUT2D eigenvalue weighted by atomic mass is 10.1. The number of halogens is 3. The molecule has 1 N–H and O–H groups in total. The number of aliphatic hydroxyl groups is 1. The Morgan fingerprint density at radius 3 is 2.33 bits per heavy atom. The number of hydrogen-bond donors (Lipinski definition) is 1. The van der Waals surface area contributed by atoms with Crippen molar-refractivity contribution in [2.75, 3.05) is 0 Å². The van der Waals surface area contributed by atoms with Crippen molar-refractivity contribution in [2.45, 2.75) is 58.9 Å². The van der Waals surface area contributed by atoms with Crippen molar-refractivity contribution in [1.29, 1.82) is 0 Å². The van der Waals surface area contributed by atoms with Gasteiger partial charge in [0, 0.05) is 24.2 Å². The number of nitrogens with zero attached hydrogens (tertiary/aromatic N) is 2. The number of aromatic nitrogens is 2. The zero-order valence-electron chi connectivity index (χ0n) is 10.7. The highest BCUT2D eigenvalue weighted by atomic mass is 19.4. The third kappa shape index (κ3) is 3.73. The van der Waals surface area contributed by atoms with Crippen molar-refractivity contribution < 1.29 is 18.3 Å². The normalized spacial score (nSPS) is 12.1. The fourth-order valence-corrected chi connectivity index (χ4v) is 2.07. The summed E-state index contributed by atoms with van der Waals surface area (Å²) in [5.41, 5.74) is 2.39. The van der Waals surface area contributed by atoms with Gasteiger partial charge in [-0.2, -0.15) is 18.3 Å². The van der Waals surface area contributed by atoms with Crippen LogP contribution in [0.5, 0.6) is 0 Å². The monoisotopic (exact) mass is 264 g/mol. The highest BCUT2D eigenvalue weighted by Crippen LogP contribution is 2.23. The number of hydrogen-bond acceptors (Lipinski definition) is 2.